The van der Waals surface area contributed by atoms with E-state index in [1.54, 1.807) is 37.3 Å². The van der Waals surface area contributed by atoms with Crippen LogP contribution in [0.5, 0.6) is 11.5 Å². The van der Waals surface area contributed by atoms with Crippen LogP contribution in [0.3, 0.4) is 0 Å². The quantitative estimate of drug-likeness (QED) is 0.628. The van der Waals surface area contributed by atoms with Gasteiger partial charge in [-0.3, -0.25) is 14.4 Å². The Morgan fingerprint density at radius 2 is 1.50 bits per heavy atom. The smallest absolute Gasteiger partial charge is 0.228 e. The Bertz CT molecular complexity index is 1030. The fourth-order valence-corrected chi connectivity index (χ4v) is 8.21. The number of ether oxygens (including phenoxy) is 2. The van der Waals surface area contributed by atoms with Gasteiger partial charge in [0, 0.05) is 45.2 Å². The minimum Gasteiger partial charge on any atom is -0.497 e. The summed E-state index contributed by atoms with van der Waals surface area (Å²) in [6.07, 6.45) is 7.39. The summed E-state index contributed by atoms with van der Waals surface area (Å²) < 4.78 is 10.8. The van der Waals surface area contributed by atoms with Crippen molar-refractivity contribution in [1.29, 1.82) is 0 Å². The lowest BCUT2D eigenvalue weighted by Crippen LogP contribution is -2.59. The summed E-state index contributed by atoms with van der Waals surface area (Å²) in [5.41, 5.74) is 0.498. The second kappa shape index (κ2) is 8.96. The molecule has 1 unspecified atom stereocenters. The maximum atomic E-state index is 13.7. The molecule has 4 saturated carbocycles. The minimum atomic E-state index is -0.390. The van der Waals surface area contributed by atoms with E-state index in [1.165, 1.54) is 19.3 Å². The Hall–Kier alpha value is -2.77. The first-order valence-corrected chi connectivity index (χ1v) is 13.5. The Kier molecular flexibility index (Phi) is 5.88. The molecular weight excluding hydrogens is 458 g/mol. The average molecular weight is 496 g/mol. The molecule has 1 aromatic carbocycles. The fraction of sp³-hybridized carbons (Fsp3) is 0.679. The van der Waals surface area contributed by atoms with Crippen molar-refractivity contribution in [2.75, 3.05) is 51.8 Å². The molecular formula is C28H37N3O5. The molecule has 6 fully saturated rings. The number of nitrogens with zero attached hydrogens (tertiary/aromatic N) is 3. The average Bonchev–Trinajstić information content (AvgIpc) is 3.28. The number of hydrogen-bond donors (Lipinski definition) is 0. The van der Waals surface area contributed by atoms with Gasteiger partial charge in [-0.15, -0.1) is 0 Å². The topological polar surface area (TPSA) is 79.4 Å². The van der Waals surface area contributed by atoms with E-state index in [1.807, 2.05) is 9.80 Å². The van der Waals surface area contributed by atoms with E-state index in [0.717, 1.165) is 37.0 Å². The summed E-state index contributed by atoms with van der Waals surface area (Å²) in [6, 6.07) is 5.34. The van der Waals surface area contributed by atoms with Gasteiger partial charge in [-0.2, -0.15) is 0 Å². The molecule has 1 aromatic rings. The van der Waals surface area contributed by atoms with Crippen LogP contribution in [-0.4, -0.2) is 74.5 Å². The third-order valence-electron chi connectivity index (χ3n) is 9.52. The van der Waals surface area contributed by atoms with Gasteiger partial charge in [-0.25, -0.2) is 0 Å². The van der Waals surface area contributed by atoms with Gasteiger partial charge >= 0.3 is 0 Å². The van der Waals surface area contributed by atoms with Gasteiger partial charge < -0.3 is 24.2 Å². The molecule has 1 atom stereocenters. The summed E-state index contributed by atoms with van der Waals surface area (Å²) in [5.74, 6) is 3.32. The molecule has 8 heteroatoms. The molecule has 2 aliphatic heterocycles. The summed E-state index contributed by atoms with van der Waals surface area (Å²) in [5, 5.41) is 0. The van der Waals surface area contributed by atoms with Crippen molar-refractivity contribution in [2.24, 2.45) is 29.1 Å². The Morgan fingerprint density at radius 1 is 0.889 bits per heavy atom. The van der Waals surface area contributed by atoms with Crippen molar-refractivity contribution in [1.82, 2.24) is 9.80 Å². The number of rotatable bonds is 5. The van der Waals surface area contributed by atoms with Crippen molar-refractivity contribution in [2.45, 2.75) is 44.9 Å². The van der Waals surface area contributed by atoms with Crippen LogP contribution in [0, 0.1) is 29.1 Å². The maximum Gasteiger partial charge on any atom is 0.228 e. The number of benzene rings is 1. The van der Waals surface area contributed by atoms with Crippen LogP contribution < -0.4 is 14.4 Å². The highest BCUT2D eigenvalue weighted by molar-refractivity contribution is 6.01. The van der Waals surface area contributed by atoms with Gasteiger partial charge in [-0.1, -0.05) is 0 Å². The first-order valence-electron chi connectivity index (χ1n) is 13.5. The summed E-state index contributed by atoms with van der Waals surface area (Å²) in [4.78, 5) is 45.5. The first-order chi connectivity index (χ1) is 17.4. The van der Waals surface area contributed by atoms with Crippen LogP contribution in [0.4, 0.5) is 5.69 Å². The van der Waals surface area contributed by atoms with Gasteiger partial charge in [0.05, 0.1) is 31.2 Å². The monoisotopic (exact) mass is 495 g/mol. The second-order valence-electron chi connectivity index (χ2n) is 11.8. The molecule has 8 nitrogen and oxygen atoms in total. The van der Waals surface area contributed by atoms with Crippen LogP contribution in [0.2, 0.25) is 0 Å². The maximum absolute atomic E-state index is 13.7. The van der Waals surface area contributed by atoms with Crippen molar-refractivity contribution in [3.8, 4) is 11.5 Å². The van der Waals surface area contributed by atoms with Crippen LogP contribution in [0.1, 0.15) is 44.9 Å². The minimum absolute atomic E-state index is 0.00890. The highest BCUT2D eigenvalue weighted by Gasteiger charge is 2.55. The highest BCUT2D eigenvalue weighted by atomic mass is 16.5. The van der Waals surface area contributed by atoms with Gasteiger partial charge in [0.25, 0.3) is 0 Å². The molecule has 2 heterocycles. The fourth-order valence-electron chi connectivity index (χ4n) is 8.21. The predicted molar refractivity (Wildman–Crippen MR) is 134 cm³/mol. The largest absolute Gasteiger partial charge is 0.497 e. The third kappa shape index (κ3) is 3.93. The summed E-state index contributed by atoms with van der Waals surface area (Å²) in [6.45, 7) is 2.61. The Labute approximate surface area is 212 Å². The van der Waals surface area contributed by atoms with Crippen LogP contribution >= 0.6 is 0 Å². The molecule has 4 aliphatic carbocycles. The molecule has 7 rings (SSSR count). The zero-order chi connectivity index (χ0) is 25.0. The van der Waals surface area contributed by atoms with Crippen molar-refractivity contribution in [3.63, 3.8) is 0 Å². The molecule has 6 aliphatic rings. The molecule has 36 heavy (non-hydrogen) atoms. The molecule has 194 valence electrons. The Balaban J connectivity index is 1.08. The molecule has 4 bridgehead atoms. The number of anilines is 1. The Morgan fingerprint density at radius 3 is 2.08 bits per heavy atom. The molecule has 0 radical (unpaired) electrons. The van der Waals surface area contributed by atoms with Gasteiger partial charge in [-0.05, 0) is 68.4 Å². The van der Waals surface area contributed by atoms with Gasteiger partial charge in [0.15, 0.2) is 0 Å². The van der Waals surface area contributed by atoms with E-state index in [9.17, 15) is 14.4 Å². The second-order valence-corrected chi connectivity index (χ2v) is 11.8. The van der Waals surface area contributed by atoms with Crippen molar-refractivity contribution < 1.29 is 23.9 Å². The summed E-state index contributed by atoms with van der Waals surface area (Å²) >= 11 is 0. The SMILES string of the molecule is COc1ccc(OC)c(N2CC(C(=O)N3CCN(C(=O)C45CC6CC(CC(C6)C4)C5)CC3)CC2=O)c1. The number of piperazine rings is 1. The number of methoxy groups -OCH3 is 2. The molecule has 2 saturated heterocycles. The third-order valence-corrected chi connectivity index (χ3v) is 9.52. The molecule has 0 spiro atoms. The number of carbonyl (C=O) groups is 3. The highest BCUT2D eigenvalue weighted by Crippen LogP contribution is 2.60. The van der Waals surface area contributed by atoms with E-state index in [-0.39, 0.29) is 29.6 Å². The van der Waals surface area contributed by atoms with E-state index in [4.69, 9.17) is 9.47 Å². The number of amides is 3. The van der Waals surface area contributed by atoms with Crippen LogP contribution in [0.25, 0.3) is 0 Å². The van der Waals surface area contributed by atoms with Gasteiger partial charge in [0.2, 0.25) is 17.7 Å². The van der Waals surface area contributed by atoms with Crippen LogP contribution in [0.15, 0.2) is 18.2 Å². The van der Waals surface area contributed by atoms with Crippen molar-refractivity contribution in [3.05, 3.63) is 18.2 Å². The molecule has 0 aromatic heterocycles. The zero-order valence-electron chi connectivity index (χ0n) is 21.4. The van der Waals surface area contributed by atoms with Gasteiger partial charge in [0.1, 0.15) is 11.5 Å². The van der Waals surface area contributed by atoms with E-state index in [0.29, 0.717) is 55.8 Å². The van der Waals surface area contributed by atoms with E-state index >= 15 is 0 Å². The standard InChI is InChI=1S/C28H37N3O5/c1-35-22-3-4-24(36-2)23(13-22)31-17-21(12-25(31)32)26(33)29-5-7-30(8-6-29)27(34)28-14-18-9-19(15-28)11-20(10-18)16-28/h3-4,13,18-21H,5-12,14-17H2,1-2H3. The number of carbonyl (C=O) groups excluding carboxylic acids is 3. The van der Waals surface area contributed by atoms with E-state index < -0.39 is 0 Å². The lowest BCUT2D eigenvalue weighted by atomic mass is 9.49. The predicted octanol–water partition coefficient (Wildman–Crippen LogP) is 2.94. The lowest BCUT2D eigenvalue weighted by Gasteiger charge is -2.57. The normalized spacial score (nSPS) is 33.3. The number of hydrogen-bond acceptors (Lipinski definition) is 5. The lowest BCUT2D eigenvalue weighted by molar-refractivity contribution is -0.161. The van der Waals surface area contributed by atoms with Crippen LogP contribution in [-0.2, 0) is 14.4 Å². The molecule has 0 N–H and O–H groups in total. The first kappa shape index (κ1) is 23.6. The zero-order valence-corrected chi connectivity index (χ0v) is 21.4. The summed E-state index contributed by atoms with van der Waals surface area (Å²) in [7, 11) is 3.15. The van der Waals surface area contributed by atoms with Crippen molar-refractivity contribution >= 4 is 23.4 Å². The van der Waals surface area contributed by atoms with E-state index in [2.05, 4.69) is 0 Å². The molecule has 3 amide bonds.